The number of ether oxygens (including phenoxy) is 2. The summed E-state index contributed by atoms with van der Waals surface area (Å²) in [6, 6.07) is 14.2. The van der Waals surface area contributed by atoms with Gasteiger partial charge >= 0.3 is 0 Å². The normalized spacial score (nSPS) is 18.9. The van der Waals surface area contributed by atoms with E-state index in [4.69, 9.17) is 13.9 Å². The van der Waals surface area contributed by atoms with Crippen molar-refractivity contribution in [2.45, 2.75) is 12.3 Å². The summed E-state index contributed by atoms with van der Waals surface area (Å²) < 4.78 is 16.2. The predicted octanol–water partition coefficient (Wildman–Crippen LogP) is 4.57. The van der Waals surface area contributed by atoms with Crippen molar-refractivity contribution in [1.29, 1.82) is 0 Å². The third-order valence-corrected chi connectivity index (χ3v) is 5.39. The van der Waals surface area contributed by atoms with E-state index in [9.17, 15) is 0 Å². The Morgan fingerprint density at radius 1 is 1.11 bits per heavy atom. The number of hydrogen-bond donors (Lipinski definition) is 0. The highest BCUT2D eigenvalue weighted by Gasteiger charge is 2.23. The Labute approximate surface area is 164 Å². The smallest absolute Gasteiger partial charge is 0.231 e. The van der Waals surface area contributed by atoms with E-state index < -0.39 is 0 Å². The molecule has 5 nitrogen and oxygen atoms in total. The van der Waals surface area contributed by atoms with Gasteiger partial charge in [-0.15, -0.1) is 0 Å². The number of likely N-dealkylation sites (tertiary alicyclic amines) is 1. The summed E-state index contributed by atoms with van der Waals surface area (Å²) in [4.78, 5) is 7.05. The third kappa shape index (κ3) is 3.53. The highest BCUT2D eigenvalue weighted by atomic mass is 16.7. The fraction of sp³-hybridized carbons (Fsp3) is 0.261. The van der Waals surface area contributed by atoms with Crippen molar-refractivity contribution in [3.05, 3.63) is 72.3 Å². The van der Waals surface area contributed by atoms with Gasteiger partial charge in [0.25, 0.3) is 0 Å². The SMILES string of the molecule is C(=Cc1ccco1)CN1CCC(c2ccnc(-c3ccc4c(c3)OCO4)c2)C1. The quantitative estimate of drug-likeness (QED) is 0.655. The Morgan fingerprint density at radius 3 is 3.00 bits per heavy atom. The Bertz CT molecular complexity index is 981. The zero-order valence-electron chi connectivity index (χ0n) is 15.6. The standard InChI is InChI=1S/C23H22N2O3/c1(3-20-4-2-12-26-20)10-25-11-8-19(15-25)17-7-9-24-21(13-17)18-5-6-22-23(14-18)28-16-27-22/h1-7,9,12-14,19H,8,10-11,15-16H2. The van der Waals surface area contributed by atoms with Crippen LogP contribution in [0.15, 0.2) is 65.4 Å². The molecule has 0 spiro atoms. The number of hydrogen-bond acceptors (Lipinski definition) is 5. The van der Waals surface area contributed by atoms with E-state index in [1.54, 1.807) is 6.26 Å². The van der Waals surface area contributed by atoms with Crippen LogP contribution in [0, 0.1) is 0 Å². The monoisotopic (exact) mass is 374 g/mol. The maximum Gasteiger partial charge on any atom is 0.231 e. The molecular formula is C23H22N2O3. The topological polar surface area (TPSA) is 47.7 Å². The van der Waals surface area contributed by atoms with Crippen LogP contribution in [0.2, 0.25) is 0 Å². The van der Waals surface area contributed by atoms with E-state index in [0.717, 1.165) is 48.2 Å². The summed E-state index contributed by atoms with van der Waals surface area (Å²) in [5.41, 5.74) is 3.38. The average Bonchev–Trinajstić information content (AvgIpc) is 3.49. The number of pyridine rings is 1. The summed E-state index contributed by atoms with van der Waals surface area (Å²) in [7, 11) is 0. The van der Waals surface area contributed by atoms with Gasteiger partial charge in [-0.1, -0.05) is 6.08 Å². The lowest BCUT2D eigenvalue weighted by molar-refractivity contribution is 0.174. The van der Waals surface area contributed by atoms with E-state index in [-0.39, 0.29) is 0 Å². The van der Waals surface area contributed by atoms with Gasteiger partial charge in [0.15, 0.2) is 11.5 Å². The maximum atomic E-state index is 5.50. The molecule has 4 heterocycles. The molecule has 5 heteroatoms. The number of furan rings is 1. The molecule has 3 aromatic rings. The van der Waals surface area contributed by atoms with E-state index >= 15 is 0 Å². The number of nitrogens with zero attached hydrogens (tertiary/aromatic N) is 2. The first-order valence-electron chi connectivity index (χ1n) is 9.63. The molecular weight excluding hydrogens is 352 g/mol. The van der Waals surface area contributed by atoms with Crippen molar-refractivity contribution in [3.63, 3.8) is 0 Å². The van der Waals surface area contributed by atoms with Gasteiger partial charge in [-0.25, -0.2) is 0 Å². The van der Waals surface area contributed by atoms with Crippen molar-refractivity contribution >= 4 is 6.08 Å². The lowest BCUT2D eigenvalue weighted by Crippen LogP contribution is -2.20. The summed E-state index contributed by atoms with van der Waals surface area (Å²) in [6.07, 6.45) is 8.99. The van der Waals surface area contributed by atoms with Gasteiger partial charge in [0, 0.05) is 24.8 Å². The van der Waals surface area contributed by atoms with Gasteiger partial charge in [-0.3, -0.25) is 9.88 Å². The predicted molar refractivity (Wildman–Crippen MR) is 107 cm³/mol. The van der Waals surface area contributed by atoms with Crippen LogP contribution in [0.25, 0.3) is 17.3 Å². The van der Waals surface area contributed by atoms with Crippen LogP contribution in [0.1, 0.15) is 23.7 Å². The Hall–Kier alpha value is -3.05. The minimum atomic E-state index is 0.290. The van der Waals surface area contributed by atoms with Gasteiger partial charge in [0.05, 0.1) is 12.0 Å². The molecule has 0 amide bonds. The average molecular weight is 374 g/mol. The number of rotatable bonds is 5. The summed E-state index contributed by atoms with van der Waals surface area (Å²) in [5, 5.41) is 0. The van der Waals surface area contributed by atoms with Crippen molar-refractivity contribution in [2.24, 2.45) is 0 Å². The van der Waals surface area contributed by atoms with E-state index in [1.165, 1.54) is 12.0 Å². The molecule has 2 aliphatic heterocycles. The minimum Gasteiger partial charge on any atom is -0.465 e. The molecule has 2 aromatic heterocycles. The third-order valence-electron chi connectivity index (χ3n) is 5.39. The Morgan fingerprint density at radius 2 is 2.07 bits per heavy atom. The first kappa shape index (κ1) is 17.1. The molecule has 5 rings (SSSR count). The van der Waals surface area contributed by atoms with E-state index in [2.05, 4.69) is 28.1 Å². The van der Waals surface area contributed by atoms with Gasteiger partial charge < -0.3 is 13.9 Å². The van der Waals surface area contributed by atoms with Crippen LogP contribution in [-0.2, 0) is 0 Å². The lowest BCUT2D eigenvalue weighted by Gasteiger charge is -2.14. The summed E-state index contributed by atoms with van der Waals surface area (Å²) in [5.74, 6) is 3.03. The van der Waals surface area contributed by atoms with E-state index in [0.29, 0.717) is 12.7 Å². The molecule has 1 aromatic carbocycles. The second kappa shape index (κ2) is 7.52. The largest absolute Gasteiger partial charge is 0.465 e. The van der Waals surface area contributed by atoms with Crippen molar-refractivity contribution in [1.82, 2.24) is 9.88 Å². The minimum absolute atomic E-state index is 0.290. The second-order valence-electron chi connectivity index (χ2n) is 7.21. The summed E-state index contributed by atoms with van der Waals surface area (Å²) in [6.45, 7) is 3.40. The molecule has 0 aliphatic carbocycles. The van der Waals surface area contributed by atoms with Crippen LogP contribution in [0.5, 0.6) is 11.5 Å². The molecule has 0 saturated carbocycles. The molecule has 0 bridgehead atoms. The molecule has 1 atom stereocenters. The second-order valence-corrected chi connectivity index (χ2v) is 7.21. The highest BCUT2D eigenvalue weighted by Crippen LogP contribution is 2.36. The number of aromatic nitrogens is 1. The highest BCUT2D eigenvalue weighted by molar-refractivity contribution is 5.65. The summed E-state index contributed by atoms with van der Waals surface area (Å²) >= 11 is 0. The zero-order chi connectivity index (χ0) is 18.8. The first-order chi connectivity index (χ1) is 13.8. The van der Waals surface area contributed by atoms with Crippen LogP contribution in [0.4, 0.5) is 0 Å². The first-order valence-corrected chi connectivity index (χ1v) is 9.63. The Balaban J connectivity index is 1.26. The molecule has 1 saturated heterocycles. The van der Waals surface area contributed by atoms with Crippen LogP contribution in [0.3, 0.4) is 0 Å². The van der Waals surface area contributed by atoms with Crippen molar-refractivity contribution in [3.8, 4) is 22.8 Å². The molecule has 1 unspecified atom stereocenters. The van der Waals surface area contributed by atoms with Crippen LogP contribution < -0.4 is 9.47 Å². The molecule has 0 N–H and O–H groups in total. The Kier molecular flexibility index (Phi) is 4.59. The fourth-order valence-electron chi connectivity index (χ4n) is 3.89. The van der Waals surface area contributed by atoms with Crippen molar-refractivity contribution in [2.75, 3.05) is 26.4 Å². The fourth-order valence-corrected chi connectivity index (χ4v) is 3.89. The van der Waals surface area contributed by atoms with Crippen molar-refractivity contribution < 1.29 is 13.9 Å². The number of benzene rings is 1. The molecule has 1 fully saturated rings. The lowest BCUT2D eigenvalue weighted by atomic mass is 9.97. The van der Waals surface area contributed by atoms with Gasteiger partial charge in [-0.05, 0) is 73.0 Å². The number of fused-ring (bicyclic) bond motifs is 1. The maximum absolute atomic E-state index is 5.50. The van der Waals surface area contributed by atoms with Crippen LogP contribution >= 0.6 is 0 Å². The van der Waals surface area contributed by atoms with Gasteiger partial charge in [0.1, 0.15) is 5.76 Å². The zero-order valence-corrected chi connectivity index (χ0v) is 15.6. The van der Waals surface area contributed by atoms with Gasteiger partial charge in [-0.2, -0.15) is 0 Å². The molecule has 142 valence electrons. The molecule has 0 radical (unpaired) electrons. The molecule has 28 heavy (non-hydrogen) atoms. The van der Waals surface area contributed by atoms with E-state index in [1.807, 2.05) is 42.6 Å². The van der Waals surface area contributed by atoms with Crippen LogP contribution in [-0.4, -0.2) is 36.3 Å². The van der Waals surface area contributed by atoms with Gasteiger partial charge in [0.2, 0.25) is 6.79 Å². The molecule has 2 aliphatic rings.